The van der Waals surface area contributed by atoms with Crippen LogP contribution in [0.4, 0.5) is 0 Å². The summed E-state index contributed by atoms with van der Waals surface area (Å²) in [5, 5.41) is 0. The normalized spacial score (nSPS) is 11.1. The molecule has 0 heterocycles. The van der Waals surface area contributed by atoms with Crippen LogP contribution in [0.15, 0.2) is 60.7 Å². The van der Waals surface area contributed by atoms with Crippen LogP contribution in [0.1, 0.15) is 170 Å². The van der Waals surface area contributed by atoms with Crippen molar-refractivity contribution in [2.75, 3.05) is 65.4 Å². The zero-order valence-electron chi connectivity index (χ0n) is 37.6. The highest BCUT2D eigenvalue weighted by molar-refractivity contribution is 5.14. The second-order valence-electron chi connectivity index (χ2n) is 15.8. The number of hydrogen-bond donors (Lipinski definition) is 0. The molecule has 0 bridgehead atoms. The Morgan fingerprint density at radius 1 is 0.296 bits per heavy atom. The van der Waals surface area contributed by atoms with Gasteiger partial charge in [0.1, 0.15) is 13.1 Å². The first kappa shape index (κ1) is 59.9. The first-order valence-electron chi connectivity index (χ1n) is 22.4. The van der Waals surface area contributed by atoms with E-state index in [0.29, 0.717) is 0 Å². The molecule has 320 valence electrons. The molecule has 0 atom stereocenters. The number of hydrogen-bond acceptors (Lipinski definition) is 0. The molecule has 0 unspecified atom stereocenters. The fourth-order valence-corrected chi connectivity index (χ4v) is 7.65. The number of rotatable bonds is 28. The van der Waals surface area contributed by atoms with Crippen molar-refractivity contribution in [1.29, 1.82) is 0 Å². The molecule has 0 spiro atoms. The number of unbranched alkanes of at least 4 members (excludes halogenated alkanes) is 7. The number of halogens is 3. The van der Waals surface area contributed by atoms with Crippen molar-refractivity contribution in [3.8, 4) is 0 Å². The molecule has 0 aliphatic carbocycles. The summed E-state index contributed by atoms with van der Waals surface area (Å²) in [6.45, 7) is 39.0. The highest BCUT2D eigenvalue weighted by Gasteiger charge is 2.27. The largest absolute Gasteiger partial charge is 1.00 e. The topological polar surface area (TPSA) is 0 Å². The van der Waals surface area contributed by atoms with E-state index in [9.17, 15) is 0 Å². The molecule has 0 N–H and O–H groups in total. The van der Waals surface area contributed by atoms with Crippen LogP contribution in [0.25, 0.3) is 0 Å². The Kier molecular flexibility index (Phi) is 43.3. The summed E-state index contributed by atoms with van der Waals surface area (Å²) in [6, 6.07) is 21.9. The minimum absolute atomic E-state index is 0. The van der Waals surface area contributed by atoms with Crippen molar-refractivity contribution in [3.05, 3.63) is 71.8 Å². The standard InChI is InChI=1S/C19H34N.C16H36N.C13H22N.3ClH/c1-4-7-15-20(16-8-5-2,17-9-6-3)18-19-13-11-10-12-14-19;1-5-9-13-17(14-10-6-2,15-11-7-3)16-12-8-4;1-4-14(5-2,6-3)12-13-10-8-7-9-11-13;;;/h10-14H,4-9,15-18H2,1-3H3;5-16H2,1-4H3;7-11H,4-6,12H2,1-3H3;3*1H/q3*+1;;;/p-3. The van der Waals surface area contributed by atoms with E-state index in [1.54, 1.807) is 0 Å². The summed E-state index contributed by atoms with van der Waals surface area (Å²) in [5.41, 5.74) is 2.97. The average Bonchev–Trinajstić information content (AvgIpc) is 3.18. The van der Waals surface area contributed by atoms with Gasteiger partial charge in [0.05, 0.1) is 65.4 Å². The first-order valence-corrected chi connectivity index (χ1v) is 22.4. The van der Waals surface area contributed by atoms with Gasteiger partial charge in [-0.15, -0.1) is 0 Å². The minimum Gasteiger partial charge on any atom is -1.00 e. The van der Waals surface area contributed by atoms with Crippen molar-refractivity contribution in [1.82, 2.24) is 0 Å². The Morgan fingerprint density at radius 2 is 0.519 bits per heavy atom. The summed E-state index contributed by atoms with van der Waals surface area (Å²) in [5.74, 6) is 0. The zero-order valence-corrected chi connectivity index (χ0v) is 39.9. The molecule has 3 nitrogen and oxygen atoms in total. The van der Waals surface area contributed by atoms with Gasteiger partial charge in [-0.05, 0) is 65.7 Å². The Hall–Kier alpha value is -0.810. The van der Waals surface area contributed by atoms with Gasteiger partial charge in [0, 0.05) is 11.1 Å². The molecule has 0 aliphatic rings. The smallest absolute Gasteiger partial charge is 0.104 e. The van der Waals surface area contributed by atoms with E-state index in [0.717, 1.165) is 0 Å². The van der Waals surface area contributed by atoms with Gasteiger partial charge in [-0.2, -0.15) is 0 Å². The van der Waals surface area contributed by atoms with Crippen molar-refractivity contribution < 1.29 is 50.7 Å². The molecule has 54 heavy (non-hydrogen) atoms. The van der Waals surface area contributed by atoms with Crippen molar-refractivity contribution >= 4 is 0 Å². The Morgan fingerprint density at radius 3 is 0.741 bits per heavy atom. The van der Waals surface area contributed by atoms with Gasteiger partial charge >= 0.3 is 0 Å². The van der Waals surface area contributed by atoms with E-state index in [2.05, 4.69) is 130 Å². The lowest BCUT2D eigenvalue weighted by atomic mass is 10.1. The van der Waals surface area contributed by atoms with Crippen LogP contribution in [0.3, 0.4) is 0 Å². The molecule has 2 aromatic rings. The lowest BCUT2D eigenvalue weighted by molar-refractivity contribution is -0.941. The molecule has 6 heteroatoms. The maximum absolute atomic E-state index is 2.33. The monoisotopic (exact) mass is 816 g/mol. The summed E-state index contributed by atoms with van der Waals surface area (Å²) < 4.78 is 3.92. The minimum atomic E-state index is 0. The van der Waals surface area contributed by atoms with Gasteiger partial charge < -0.3 is 50.7 Å². The predicted octanol–water partition coefficient (Wildman–Crippen LogP) is 4.48. The molecule has 0 saturated heterocycles. The quantitative estimate of drug-likeness (QED) is 0.111. The zero-order chi connectivity index (χ0) is 38.1. The van der Waals surface area contributed by atoms with E-state index in [1.165, 1.54) is 193 Å². The van der Waals surface area contributed by atoms with Crippen molar-refractivity contribution in [2.45, 2.75) is 172 Å². The third-order valence-corrected chi connectivity index (χ3v) is 11.6. The van der Waals surface area contributed by atoms with Gasteiger partial charge in [0.2, 0.25) is 0 Å². The van der Waals surface area contributed by atoms with Crippen LogP contribution < -0.4 is 37.2 Å². The van der Waals surface area contributed by atoms with Crippen LogP contribution in [0.2, 0.25) is 0 Å². The van der Waals surface area contributed by atoms with E-state index in [-0.39, 0.29) is 37.2 Å². The maximum atomic E-state index is 2.33. The summed E-state index contributed by atoms with van der Waals surface area (Å²) in [4.78, 5) is 0. The fourth-order valence-electron chi connectivity index (χ4n) is 7.65. The Bertz CT molecular complexity index is 933. The highest BCUT2D eigenvalue weighted by Crippen LogP contribution is 2.20. The van der Waals surface area contributed by atoms with Crippen molar-refractivity contribution in [3.63, 3.8) is 0 Å². The summed E-state index contributed by atoms with van der Waals surface area (Å²) >= 11 is 0. The van der Waals surface area contributed by atoms with Gasteiger partial charge in [-0.25, -0.2) is 0 Å². The van der Waals surface area contributed by atoms with E-state index < -0.39 is 0 Å². The Balaban J connectivity index is -0.000000343. The van der Waals surface area contributed by atoms with Crippen LogP contribution in [-0.2, 0) is 13.1 Å². The average molecular weight is 818 g/mol. The highest BCUT2D eigenvalue weighted by atomic mass is 35.5. The molecule has 0 aromatic heterocycles. The third-order valence-electron chi connectivity index (χ3n) is 11.6. The third kappa shape index (κ3) is 26.9. The number of quaternary nitrogens is 3. The number of nitrogens with zero attached hydrogens (tertiary/aromatic N) is 3. The maximum Gasteiger partial charge on any atom is 0.104 e. The lowest BCUT2D eigenvalue weighted by Crippen LogP contribution is -3.00. The number of benzene rings is 2. The predicted molar refractivity (Wildman–Crippen MR) is 231 cm³/mol. The van der Waals surface area contributed by atoms with Crippen LogP contribution >= 0.6 is 0 Å². The summed E-state index contributed by atoms with van der Waals surface area (Å²) in [7, 11) is 0. The first-order chi connectivity index (χ1) is 24.8. The molecular weight excluding hydrogens is 725 g/mol. The van der Waals surface area contributed by atoms with Gasteiger partial charge in [-0.3, -0.25) is 0 Å². The second-order valence-corrected chi connectivity index (χ2v) is 15.8. The molecule has 2 aromatic carbocycles. The fraction of sp³-hybridized carbons (Fsp3) is 0.750. The molecule has 0 amide bonds. The second kappa shape index (κ2) is 39.0. The molecule has 0 saturated carbocycles. The van der Waals surface area contributed by atoms with Gasteiger partial charge in [-0.1, -0.05) is 154 Å². The molecular formula is C48H92Cl3N3. The van der Waals surface area contributed by atoms with Crippen LogP contribution in [-0.4, -0.2) is 78.9 Å². The van der Waals surface area contributed by atoms with Gasteiger partial charge in [0.15, 0.2) is 0 Å². The lowest BCUT2D eigenvalue weighted by Gasteiger charge is -2.39. The van der Waals surface area contributed by atoms with Crippen molar-refractivity contribution in [2.24, 2.45) is 0 Å². The van der Waals surface area contributed by atoms with E-state index in [4.69, 9.17) is 0 Å². The van der Waals surface area contributed by atoms with Crippen LogP contribution in [0, 0.1) is 0 Å². The SMILES string of the molecule is CCCC[N+](CCCC)(CCCC)CCCC.CCCC[N+](CCCC)(CCCC)Cc1ccccc1.CC[N+](CC)(CC)Cc1ccccc1.[Cl-].[Cl-].[Cl-]. The van der Waals surface area contributed by atoms with Gasteiger partial charge in [0.25, 0.3) is 0 Å². The Labute approximate surface area is 358 Å². The molecule has 0 radical (unpaired) electrons. The molecule has 0 fully saturated rings. The molecule has 0 aliphatic heterocycles. The molecule has 2 rings (SSSR count). The summed E-state index contributed by atoms with van der Waals surface area (Å²) in [6.07, 6.45) is 19.1. The van der Waals surface area contributed by atoms with E-state index in [1.807, 2.05) is 0 Å². The van der Waals surface area contributed by atoms with Crippen LogP contribution in [0.5, 0.6) is 0 Å². The van der Waals surface area contributed by atoms with E-state index >= 15 is 0 Å².